The Hall–Kier alpha value is -0.790. The summed E-state index contributed by atoms with van der Waals surface area (Å²) in [5, 5.41) is 0. The molecule has 0 aromatic carbocycles. The van der Waals surface area contributed by atoms with Crippen LogP contribution in [-0.2, 0) is 9.53 Å². The summed E-state index contributed by atoms with van der Waals surface area (Å²) in [5.41, 5.74) is 0. The zero-order chi connectivity index (χ0) is 8.81. The first-order valence-electron chi connectivity index (χ1n) is 4.63. The average molecular weight is 168 g/mol. The summed E-state index contributed by atoms with van der Waals surface area (Å²) in [5.74, 6) is -0.0611. The normalized spacial score (nSPS) is 29.1. The molecule has 0 saturated carbocycles. The Kier molecular flexibility index (Phi) is 3.85. The van der Waals surface area contributed by atoms with E-state index in [9.17, 15) is 4.79 Å². The van der Waals surface area contributed by atoms with Gasteiger partial charge in [0.05, 0.1) is 6.10 Å². The number of carbonyl (C=O) groups is 1. The van der Waals surface area contributed by atoms with Crippen molar-refractivity contribution in [3.63, 3.8) is 0 Å². The second kappa shape index (κ2) is 4.96. The van der Waals surface area contributed by atoms with Crippen molar-refractivity contribution in [3.8, 4) is 0 Å². The molecule has 12 heavy (non-hydrogen) atoms. The van der Waals surface area contributed by atoms with Crippen LogP contribution in [0, 0.1) is 0 Å². The Morgan fingerprint density at radius 2 is 2.17 bits per heavy atom. The number of hydrogen-bond donors (Lipinski definition) is 0. The van der Waals surface area contributed by atoms with Crippen LogP contribution in [0.25, 0.3) is 0 Å². The topological polar surface area (TPSA) is 26.3 Å². The number of esters is 1. The van der Waals surface area contributed by atoms with E-state index in [1.54, 1.807) is 0 Å². The average Bonchev–Trinajstić information content (AvgIpc) is 2.02. The van der Waals surface area contributed by atoms with E-state index in [1.807, 2.05) is 6.92 Å². The molecule has 0 saturated heterocycles. The van der Waals surface area contributed by atoms with Gasteiger partial charge in [0.15, 0.2) is 0 Å². The highest BCUT2D eigenvalue weighted by molar-refractivity contribution is 5.69. The van der Waals surface area contributed by atoms with Crippen molar-refractivity contribution in [1.29, 1.82) is 0 Å². The van der Waals surface area contributed by atoms with Crippen LogP contribution in [0.4, 0.5) is 0 Å². The molecule has 2 heteroatoms. The minimum absolute atomic E-state index is 0.0611. The zero-order valence-corrected chi connectivity index (χ0v) is 7.58. The first-order valence-corrected chi connectivity index (χ1v) is 4.63. The molecule has 0 bridgehead atoms. The van der Waals surface area contributed by atoms with Crippen molar-refractivity contribution < 1.29 is 9.53 Å². The SMILES string of the molecule is CC1CCC/C=C/CCC(=O)O1. The molecule has 0 N–H and O–H groups in total. The van der Waals surface area contributed by atoms with E-state index in [1.165, 1.54) is 0 Å². The van der Waals surface area contributed by atoms with E-state index in [4.69, 9.17) is 4.74 Å². The van der Waals surface area contributed by atoms with Crippen molar-refractivity contribution in [2.45, 2.75) is 45.1 Å². The summed E-state index contributed by atoms with van der Waals surface area (Å²) in [6.45, 7) is 1.96. The van der Waals surface area contributed by atoms with Crippen LogP contribution in [0.1, 0.15) is 39.0 Å². The molecule has 0 spiro atoms. The predicted octanol–water partition coefficient (Wildman–Crippen LogP) is 2.44. The maximum Gasteiger partial charge on any atom is 0.306 e. The van der Waals surface area contributed by atoms with Gasteiger partial charge in [-0.05, 0) is 32.6 Å². The fraction of sp³-hybridized carbons (Fsp3) is 0.700. The number of ether oxygens (including phenoxy) is 1. The Morgan fingerprint density at radius 1 is 1.42 bits per heavy atom. The summed E-state index contributed by atoms with van der Waals surface area (Å²) in [4.78, 5) is 11.1. The van der Waals surface area contributed by atoms with Crippen LogP contribution in [0.5, 0.6) is 0 Å². The molecular weight excluding hydrogens is 152 g/mol. The zero-order valence-electron chi connectivity index (χ0n) is 7.58. The van der Waals surface area contributed by atoms with Gasteiger partial charge >= 0.3 is 5.97 Å². The second-order valence-electron chi connectivity index (χ2n) is 3.24. The first-order chi connectivity index (χ1) is 5.79. The van der Waals surface area contributed by atoms with Gasteiger partial charge in [-0.25, -0.2) is 0 Å². The molecule has 1 heterocycles. The second-order valence-corrected chi connectivity index (χ2v) is 3.24. The fourth-order valence-corrected chi connectivity index (χ4v) is 1.30. The molecule has 1 unspecified atom stereocenters. The van der Waals surface area contributed by atoms with Crippen molar-refractivity contribution in [2.75, 3.05) is 0 Å². The van der Waals surface area contributed by atoms with E-state index < -0.39 is 0 Å². The molecular formula is C10H16O2. The third-order valence-electron chi connectivity index (χ3n) is 2.00. The number of allylic oxidation sites excluding steroid dienone is 2. The van der Waals surface area contributed by atoms with Gasteiger partial charge in [-0.15, -0.1) is 0 Å². The quantitative estimate of drug-likeness (QED) is 0.410. The monoisotopic (exact) mass is 168 g/mol. The maximum atomic E-state index is 11.1. The molecule has 2 nitrogen and oxygen atoms in total. The van der Waals surface area contributed by atoms with Crippen LogP contribution in [-0.4, -0.2) is 12.1 Å². The smallest absolute Gasteiger partial charge is 0.306 e. The van der Waals surface area contributed by atoms with E-state index in [-0.39, 0.29) is 12.1 Å². The summed E-state index contributed by atoms with van der Waals surface area (Å²) >= 11 is 0. The molecule has 0 fully saturated rings. The molecule has 0 aromatic rings. The van der Waals surface area contributed by atoms with Gasteiger partial charge < -0.3 is 4.74 Å². The van der Waals surface area contributed by atoms with Gasteiger partial charge in [0.25, 0.3) is 0 Å². The van der Waals surface area contributed by atoms with Crippen LogP contribution < -0.4 is 0 Å². The van der Waals surface area contributed by atoms with E-state index in [2.05, 4.69) is 12.2 Å². The minimum atomic E-state index is -0.0611. The van der Waals surface area contributed by atoms with Crippen molar-refractivity contribution in [3.05, 3.63) is 12.2 Å². The molecule has 1 aliphatic rings. The molecule has 1 aliphatic heterocycles. The van der Waals surface area contributed by atoms with Gasteiger partial charge in [-0.1, -0.05) is 12.2 Å². The van der Waals surface area contributed by atoms with E-state index in [0.717, 1.165) is 25.7 Å². The third kappa shape index (κ3) is 3.56. The Bertz CT molecular complexity index is 173. The minimum Gasteiger partial charge on any atom is -0.463 e. The number of rotatable bonds is 0. The van der Waals surface area contributed by atoms with Crippen LogP contribution in [0.2, 0.25) is 0 Å². The van der Waals surface area contributed by atoms with Crippen LogP contribution >= 0.6 is 0 Å². The van der Waals surface area contributed by atoms with Gasteiger partial charge in [0.2, 0.25) is 0 Å². The largest absolute Gasteiger partial charge is 0.463 e. The number of carbonyl (C=O) groups excluding carboxylic acids is 1. The van der Waals surface area contributed by atoms with Crippen LogP contribution in [0.15, 0.2) is 12.2 Å². The molecule has 1 atom stereocenters. The van der Waals surface area contributed by atoms with Gasteiger partial charge in [0, 0.05) is 6.42 Å². The molecule has 1 rings (SSSR count). The summed E-state index contributed by atoms with van der Waals surface area (Å²) < 4.78 is 5.15. The van der Waals surface area contributed by atoms with Gasteiger partial charge in [-0.3, -0.25) is 4.79 Å². The predicted molar refractivity (Wildman–Crippen MR) is 47.8 cm³/mol. The highest BCUT2D eigenvalue weighted by Gasteiger charge is 2.08. The van der Waals surface area contributed by atoms with E-state index >= 15 is 0 Å². The molecule has 68 valence electrons. The summed E-state index contributed by atoms with van der Waals surface area (Å²) in [7, 11) is 0. The molecule has 0 aromatic heterocycles. The lowest BCUT2D eigenvalue weighted by atomic mass is 10.1. The molecule has 0 amide bonds. The van der Waals surface area contributed by atoms with Gasteiger partial charge in [0.1, 0.15) is 0 Å². The molecule has 0 aliphatic carbocycles. The van der Waals surface area contributed by atoms with Crippen molar-refractivity contribution in [2.24, 2.45) is 0 Å². The Balaban J connectivity index is 2.40. The third-order valence-corrected chi connectivity index (χ3v) is 2.00. The lowest BCUT2D eigenvalue weighted by Gasteiger charge is -2.13. The highest BCUT2D eigenvalue weighted by Crippen LogP contribution is 2.09. The number of hydrogen-bond acceptors (Lipinski definition) is 2. The van der Waals surface area contributed by atoms with Crippen molar-refractivity contribution in [1.82, 2.24) is 0 Å². The van der Waals surface area contributed by atoms with Gasteiger partial charge in [-0.2, -0.15) is 0 Å². The summed E-state index contributed by atoms with van der Waals surface area (Å²) in [6.07, 6.45) is 8.89. The number of cyclic esters (lactones) is 1. The lowest BCUT2D eigenvalue weighted by Crippen LogP contribution is -2.14. The Morgan fingerprint density at radius 3 is 3.00 bits per heavy atom. The first kappa shape index (κ1) is 9.30. The highest BCUT2D eigenvalue weighted by atomic mass is 16.5. The standard InChI is InChI=1S/C10H16O2/c1-9-7-5-3-2-4-6-8-10(11)12-9/h2,4,9H,3,5-8H2,1H3/b4-2+. The Labute approximate surface area is 73.6 Å². The lowest BCUT2D eigenvalue weighted by molar-refractivity contribution is -0.148. The fourth-order valence-electron chi connectivity index (χ4n) is 1.30. The summed E-state index contributed by atoms with van der Waals surface area (Å²) in [6, 6.07) is 0. The molecule has 0 radical (unpaired) electrons. The van der Waals surface area contributed by atoms with Crippen LogP contribution in [0.3, 0.4) is 0 Å². The van der Waals surface area contributed by atoms with E-state index in [0.29, 0.717) is 6.42 Å². The maximum absolute atomic E-state index is 11.1. The van der Waals surface area contributed by atoms with Crippen molar-refractivity contribution >= 4 is 5.97 Å².